The van der Waals surface area contributed by atoms with Crippen molar-refractivity contribution < 1.29 is 28.7 Å². The summed E-state index contributed by atoms with van der Waals surface area (Å²) in [6.07, 6.45) is -0.726. The Morgan fingerprint density at radius 2 is 1.64 bits per heavy atom. The Morgan fingerprint density at radius 3 is 2.18 bits per heavy atom. The number of benzene rings is 2. The van der Waals surface area contributed by atoms with E-state index in [2.05, 4.69) is 15.4 Å². The molecule has 3 amide bonds. The number of rotatable bonds is 10. The number of alkyl carbamates (subject to hydrolysis) is 1. The Labute approximate surface area is 229 Å². The van der Waals surface area contributed by atoms with Crippen LogP contribution in [0.25, 0.3) is 0 Å². The quantitative estimate of drug-likeness (QED) is 0.351. The van der Waals surface area contributed by atoms with Crippen LogP contribution in [0.15, 0.2) is 48.5 Å². The molecule has 0 aliphatic heterocycles. The molecule has 2 rings (SSSR count). The minimum Gasteiger partial charge on any atom is -0.468 e. The zero-order valence-corrected chi connectivity index (χ0v) is 23.2. The zero-order valence-electron chi connectivity index (χ0n) is 23.2. The summed E-state index contributed by atoms with van der Waals surface area (Å²) in [7, 11) is 1.19. The first-order chi connectivity index (χ1) is 18.3. The number of carbonyl (C=O) groups is 4. The normalized spacial score (nSPS) is 12.3. The van der Waals surface area contributed by atoms with Gasteiger partial charge in [0.1, 0.15) is 30.8 Å². The Balaban J connectivity index is 2.55. The van der Waals surface area contributed by atoms with Crippen molar-refractivity contribution in [1.29, 1.82) is 5.26 Å². The molecule has 0 saturated heterocycles. The maximum Gasteiger partial charge on any atom is 0.408 e. The third-order valence-corrected chi connectivity index (χ3v) is 5.55. The summed E-state index contributed by atoms with van der Waals surface area (Å²) in [5.41, 5.74) is 2.07. The number of amides is 3. The van der Waals surface area contributed by atoms with Crippen LogP contribution in [-0.2, 0) is 30.3 Å². The molecule has 10 nitrogen and oxygen atoms in total. The Morgan fingerprint density at radius 1 is 1.03 bits per heavy atom. The number of nitrogens with zero attached hydrogens (tertiary/aromatic N) is 2. The van der Waals surface area contributed by atoms with Crippen LogP contribution in [0, 0.1) is 25.2 Å². The fourth-order valence-electron chi connectivity index (χ4n) is 4.04. The lowest BCUT2D eigenvalue weighted by molar-refractivity contribution is -0.144. The van der Waals surface area contributed by atoms with Crippen molar-refractivity contribution in [2.45, 2.75) is 58.7 Å². The van der Waals surface area contributed by atoms with Crippen LogP contribution in [0.2, 0.25) is 0 Å². The number of hydrogen-bond donors (Lipinski definition) is 2. The number of esters is 1. The van der Waals surface area contributed by atoms with E-state index in [1.165, 1.54) is 7.11 Å². The lowest BCUT2D eigenvalue weighted by Crippen LogP contribution is -2.54. The highest BCUT2D eigenvalue weighted by molar-refractivity contribution is 5.93. The number of nitriles is 1. The summed E-state index contributed by atoms with van der Waals surface area (Å²) >= 11 is 0. The van der Waals surface area contributed by atoms with E-state index in [0.717, 1.165) is 21.6 Å². The summed E-state index contributed by atoms with van der Waals surface area (Å²) in [6.45, 7) is 7.91. The number of aryl methyl sites for hydroxylation is 2. The molecule has 0 aliphatic carbocycles. The molecule has 2 aromatic carbocycles. The van der Waals surface area contributed by atoms with Crippen molar-refractivity contribution in [3.63, 3.8) is 0 Å². The van der Waals surface area contributed by atoms with Crippen LogP contribution in [0.3, 0.4) is 0 Å². The molecule has 0 aliphatic rings. The SMILES string of the molecule is COC(=O)CNC(=O)C(c1cc(C)cc(C)c1)N(CC#N)C(=O)C(Cc1ccccc1)NC(=O)OC(C)(C)C. The highest BCUT2D eigenvalue weighted by atomic mass is 16.6. The molecule has 2 aromatic rings. The van der Waals surface area contributed by atoms with E-state index < -0.39 is 54.7 Å². The van der Waals surface area contributed by atoms with Crippen LogP contribution >= 0.6 is 0 Å². The third-order valence-electron chi connectivity index (χ3n) is 5.55. The van der Waals surface area contributed by atoms with E-state index in [-0.39, 0.29) is 6.42 Å². The van der Waals surface area contributed by atoms with Gasteiger partial charge in [0.25, 0.3) is 0 Å². The molecule has 0 radical (unpaired) electrons. The Kier molecular flexibility index (Phi) is 11.0. The first kappa shape index (κ1) is 30.8. The summed E-state index contributed by atoms with van der Waals surface area (Å²) in [6, 6.07) is 14.0. The van der Waals surface area contributed by atoms with E-state index in [1.807, 2.05) is 32.0 Å². The Hall–Kier alpha value is -4.39. The summed E-state index contributed by atoms with van der Waals surface area (Å²) < 4.78 is 10.0. The van der Waals surface area contributed by atoms with Gasteiger partial charge in [-0.1, -0.05) is 59.7 Å². The molecule has 2 unspecified atom stereocenters. The molecule has 0 heterocycles. The molecule has 208 valence electrons. The maximum atomic E-state index is 14.1. The predicted octanol–water partition coefficient (Wildman–Crippen LogP) is 3.12. The van der Waals surface area contributed by atoms with Crippen molar-refractivity contribution >= 4 is 23.9 Å². The smallest absolute Gasteiger partial charge is 0.408 e. The lowest BCUT2D eigenvalue weighted by Gasteiger charge is -2.33. The summed E-state index contributed by atoms with van der Waals surface area (Å²) in [5, 5.41) is 14.8. The second-order valence-corrected chi connectivity index (χ2v) is 10.1. The van der Waals surface area contributed by atoms with Gasteiger partial charge >= 0.3 is 12.1 Å². The maximum absolute atomic E-state index is 14.1. The molecule has 0 bridgehead atoms. The topological polar surface area (TPSA) is 138 Å². The molecule has 10 heteroatoms. The minimum atomic E-state index is -1.26. The molecule has 2 atom stereocenters. The molecule has 0 fully saturated rings. The monoisotopic (exact) mass is 536 g/mol. The van der Waals surface area contributed by atoms with Crippen LogP contribution in [-0.4, -0.2) is 60.6 Å². The van der Waals surface area contributed by atoms with E-state index in [0.29, 0.717) is 5.56 Å². The Bertz CT molecular complexity index is 1200. The third kappa shape index (κ3) is 9.78. The zero-order chi connectivity index (χ0) is 29.2. The fraction of sp³-hybridized carbons (Fsp3) is 0.414. The first-order valence-electron chi connectivity index (χ1n) is 12.5. The van der Waals surface area contributed by atoms with E-state index in [1.54, 1.807) is 57.2 Å². The first-order valence-corrected chi connectivity index (χ1v) is 12.5. The van der Waals surface area contributed by atoms with Gasteiger partial charge in [-0.05, 0) is 45.7 Å². The van der Waals surface area contributed by atoms with Crippen LogP contribution in [0.4, 0.5) is 4.79 Å². The van der Waals surface area contributed by atoms with Crippen molar-refractivity contribution in [3.8, 4) is 6.07 Å². The molecule has 2 N–H and O–H groups in total. The molecular weight excluding hydrogens is 500 g/mol. The van der Waals surface area contributed by atoms with Crippen LogP contribution < -0.4 is 10.6 Å². The second kappa shape index (κ2) is 14.0. The number of hydrogen-bond acceptors (Lipinski definition) is 7. The van der Waals surface area contributed by atoms with Gasteiger partial charge in [0.15, 0.2) is 0 Å². The van der Waals surface area contributed by atoms with Gasteiger partial charge in [-0.25, -0.2) is 4.79 Å². The van der Waals surface area contributed by atoms with Crippen molar-refractivity contribution in [1.82, 2.24) is 15.5 Å². The van der Waals surface area contributed by atoms with E-state index in [9.17, 15) is 24.4 Å². The van der Waals surface area contributed by atoms with Gasteiger partial charge in [-0.3, -0.25) is 14.4 Å². The molecule has 0 saturated carbocycles. The van der Waals surface area contributed by atoms with Gasteiger partial charge < -0.3 is 25.0 Å². The van der Waals surface area contributed by atoms with Crippen LogP contribution in [0.5, 0.6) is 0 Å². The molecule has 0 spiro atoms. The number of nitrogens with one attached hydrogen (secondary N) is 2. The van der Waals surface area contributed by atoms with Gasteiger partial charge in [0, 0.05) is 6.42 Å². The number of ether oxygens (including phenoxy) is 2. The van der Waals surface area contributed by atoms with Gasteiger partial charge in [0.05, 0.1) is 13.2 Å². The largest absolute Gasteiger partial charge is 0.468 e. The van der Waals surface area contributed by atoms with Crippen molar-refractivity contribution in [2.75, 3.05) is 20.2 Å². The standard InChI is InChI=1S/C29H36N4O6/c1-19-14-20(2)16-22(15-19)25(26(35)31-18-24(34)38-6)33(13-12-30)27(36)23(17-21-10-8-7-9-11-21)32-28(37)39-29(3,4)5/h7-11,14-16,23,25H,13,17-18H2,1-6H3,(H,31,35)(H,32,37). The van der Waals surface area contributed by atoms with Gasteiger partial charge in [-0.2, -0.15) is 5.26 Å². The number of methoxy groups -OCH3 is 1. The molecule has 0 aromatic heterocycles. The van der Waals surface area contributed by atoms with E-state index in [4.69, 9.17) is 4.74 Å². The second-order valence-electron chi connectivity index (χ2n) is 10.1. The summed E-state index contributed by atoms with van der Waals surface area (Å²) in [4.78, 5) is 53.1. The fourth-order valence-corrected chi connectivity index (χ4v) is 4.04. The van der Waals surface area contributed by atoms with Crippen LogP contribution in [0.1, 0.15) is 49.1 Å². The van der Waals surface area contributed by atoms with Gasteiger partial charge in [-0.15, -0.1) is 0 Å². The predicted molar refractivity (Wildman–Crippen MR) is 144 cm³/mol. The summed E-state index contributed by atoms with van der Waals surface area (Å²) in [5.74, 6) is -2.01. The lowest BCUT2D eigenvalue weighted by atomic mass is 9.97. The van der Waals surface area contributed by atoms with E-state index >= 15 is 0 Å². The highest BCUT2D eigenvalue weighted by Crippen LogP contribution is 2.25. The minimum absolute atomic E-state index is 0.0875. The van der Waals surface area contributed by atoms with Gasteiger partial charge in [0.2, 0.25) is 11.8 Å². The number of carbonyl (C=O) groups excluding carboxylic acids is 4. The highest BCUT2D eigenvalue weighted by Gasteiger charge is 2.36. The molecule has 39 heavy (non-hydrogen) atoms. The molecular formula is C29H36N4O6. The van der Waals surface area contributed by atoms with Crippen molar-refractivity contribution in [2.24, 2.45) is 0 Å². The van der Waals surface area contributed by atoms with Crippen molar-refractivity contribution in [3.05, 3.63) is 70.8 Å². The average molecular weight is 537 g/mol. The average Bonchev–Trinajstić information content (AvgIpc) is 2.85.